The molecule has 33 heavy (non-hydrogen) atoms. The molecule has 2 amide bonds. The van der Waals surface area contributed by atoms with Crippen molar-refractivity contribution in [1.82, 2.24) is 20.1 Å². The SMILES string of the molecule is C[C@@H](NC(=O)c1cnn2ccccc12)c1cc(C(=O)Nc2ccc(Cl)c(C(F)(F)F)c2)on1. The van der Waals surface area contributed by atoms with Gasteiger partial charge < -0.3 is 15.2 Å². The fourth-order valence-electron chi connectivity index (χ4n) is 3.07. The van der Waals surface area contributed by atoms with Crippen LogP contribution in [0.1, 0.15) is 45.1 Å². The van der Waals surface area contributed by atoms with Gasteiger partial charge in [-0.3, -0.25) is 9.59 Å². The molecule has 0 spiro atoms. The van der Waals surface area contributed by atoms with Gasteiger partial charge in [0.2, 0.25) is 5.76 Å². The highest BCUT2D eigenvalue weighted by Crippen LogP contribution is 2.36. The summed E-state index contributed by atoms with van der Waals surface area (Å²) < 4.78 is 45.6. The van der Waals surface area contributed by atoms with Gasteiger partial charge in [-0.2, -0.15) is 18.3 Å². The number of alkyl halides is 3. The summed E-state index contributed by atoms with van der Waals surface area (Å²) in [6.45, 7) is 1.64. The Morgan fingerprint density at radius 2 is 1.94 bits per heavy atom. The number of nitrogens with zero attached hydrogens (tertiary/aromatic N) is 3. The third-order valence-corrected chi connectivity index (χ3v) is 5.07. The number of fused-ring (bicyclic) bond motifs is 1. The average Bonchev–Trinajstić information content (AvgIpc) is 3.42. The van der Waals surface area contributed by atoms with Gasteiger partial charge in [0.05, 0.1) is 33.9 Å². The standard InChI is InChI=1S/C21H15ClF3N5O3/c1-11(27-19(31)13-10-26-30-7-3-2-4-17(13)30)16-9-18(33-29-16)20(32)28-12-5-6-15(22)14(8-12)21(23,24)25/h2-11H,1H3,(H,27,31)(H,28,32)/t11-/m1/s1. The molecule has 0 saturated carbocycles. The van der Waals surface area contributed by atoms with Crippen molar-refractivity contribution in [2.24, 2.45) is 0 Å². The zero-order valence-corrected chi connectivity index (χ0v) is 17.6. The summed E-state index contributed by atoms with van der Waals surface area (Å²) in [7, 11) is 0. The number of halogens is 4. The van der Waals surface area contributed by atoms with Gasteiger partial charge in [0.1, 0.15) is 5.69 Å². The highest BCUT2D eigenvalue weighted by molar-refractivity contribution is 6.31. The van der Waals surface area contributed by atoms with Gasteiger partial charge in [0.25, 0.3) is 11.8 Å². The molecular weight excluding hydrogens is 463 g/mol. The highest BCUT2D eigenvalue weighted by atomic mass is 35.5. The number of hydrogen-bond acceptors (Lipinski definition) is 5. The van der Waals surface area contributed by atoms with Crippen LogP contribution in [0.4, 0.5) is 18.9 Å². The molecule has 0 unspecified atom stereocenters. The number of carbonyl (C=O) groups is 2. The molecule has 0 bridgehead atoms. The van der Waals surface area contributed by atoms with E-state index < -0.39 is 34.6 Å². The lowest BCUT2D eigenvalue weighted by Crippen LogP contribution is -2.26. The summed E-state index contributed by atoms with van der Waals surface area (Å²) in [6, 6.07) is 8.93. The van der Waals surface area contributed by atoms with E-state index in [1.807, 2.05) is 0 Å². The van der Waals surface area contributed by atoms with Gasteiger partial charge in [-0.1, -0.05) is 22.8 Å². The van der Waals surface area contributed by atoms with Crippen LogP contribution in [-0.2, 0) is 6.18 Å². The molecule has 2 N–H and O–H groups in total. The summed E-state index contributed by atoms with van der Waals surface area (Å²) in [5, 5.41) is 12.4. The predicted molar refractivity (Wildman–Crippen MR) is 112 cm³/mol. The van der Waals surface area contributed by atoms with Gasteiger partial charge in [-0.15, -0.1) is 0 Å². The van der Waals surface area contributed by atoms with Crippen molar-refractivity contribution in [3.63, 3.8) is 0 Å². The topological polar surface area (TPSA) is 102 Å². The number of rotatable bonds is 5. The van der Waals surface area contributed by atoms with E-state index in [-0.39, 0.29) is 17.1 Å². The van der Waals surface area contributed by atoms with Crippen molar-refractivity contribution in [2.45, 2.75) is 19.1 Å². The van der Waals surface area contributed by atoms with Crippen molar-refractivity contribution >= 4 is 34.6 Å². The number of anilines is 1. The van der Waals surface area contributed by atoms with E-state index in [1.54, 1.807) is 35.8 Å². The van der Waals surface area contributed by atoms with Crippen molar-refractivity contribution in [3.05, 3.63) is 82.5 Å². The molecule has 0 aliphatic carbocycles. The van der Waals surface area contributed by atoms with Crippen molar-refractivity contribution in [1.29, 1.82) is 0 Å². The smallest absolute Gasteiger partial charge is 0.351 e. The molecule has 3 heterocycles. The summed E-state index contributed by atoms with van der Waals surface area (Å²) in [4.78, 5) is 25.0. The van der Waals surface area contributed by atoms with Crippen LogP contribution in [0.5, 0.6) is 0 Å². The number of hydrogen-bond donors (Lipinski definition) is 2. The molecule has 1 atom stereocenters. The lowest BCUT2D eigenvalue weighted by molar-refractivity contribution is -0.137. The first kappa shape index (κ1) is 22.3. The normalized spacial score (nSPS) is 12.5. The molecule has 0 aliphatic heterocycles. The van der Waals surface area contributed by atoms with E-state index in [0.29, 0.717) is 11.1 Å². The second-order valence-electron chi connectivity index (χ2n) is 7.05. The number of benzene rings is 1. The minimum absolute atomic E-state index is 0.121. The molecule has 170 valence electrons. The fourth-order valence-corrected chi connectivity index (χ4v) is 3.30. The quantitative estimate of drug-likeness (QED) is 0.432. The second kappa shape index (κ2) is 8.58. The minimum atomic E-state index is -4.67. The molecule has 0 fully saturated rings. The number of nitrogens with one attached hydrogen (secondary N) is 2. The Kier molecular flexibility index (Phi) is 5.81. The van der Waals surface area contributed by atoms with Gasteiger partial charge in [0, 0.05) is 18.0 Å². The van der Waals surface area contributed by atoms with E-state index in [4.69, 9.17) is 16.1 Å². The Morgan fingerprint density at radius 1 is 1.15 bits per heavy atom. The Bertz CT molecular complexity index is 1350. The number of aromatic nitrogens is 3. The van der Waals surface area contributed by atoms with Crippen LogP contribution in [0, 0.1) is 0 Å². The van der Waals surface area contributed by atoms with Gasteiger partial charge in [-0.05, 0) is 37.3 Å². The van der Waals surface area contributed by atoms with Crippen LogP contribution in [0.3, 0.4) is 0 Å². The molecule has 3 aromatic heterocycles. The number of amides is 2. The fraction of sp³-hybridized carbons (Fsp3) is 0.143. The van der Waals surface area contributed by atoms with Gasteiger partial charge in [-0.25, -0.2) is 4.52 Å². The van der Waals surface area contributed by atoms with Crippen LogP contribution in [0.2, 0.25) is 5.02 Å². The first-order chi connectivity index (χ1) is 15.6. The van der Waals surface area contributed by atoms with E-state index in [2.05, 4.69) is 20.9 Å². The van der Waals surface area contributed by atoms with Crippen LogP contribution in [0.15, 0.2) is 59.4 Å². The first-order valence-electron chi connectivity index (χ1n) is 9.51. The highest BCUT2D eigenvalue weighted by Gasteiger charge is 2.33. The third kappa shape index (κ3) is 4.67. The summed E-state index contributed by atoms with van der Waals surface area (Å²) in [5.41, 5.74) is 0.0150. The summed E-state index contributed by atoms with van der Waals surface area (Å²) in [6.07, 6.45) is -1.54. The van der Waals surface area contributed by atoms with Crippen LogP contribution < -0.4 is 10.6 Å². The predicted octanol–water partition coefficient (Wildman–Crippen LogP) is 4.74. The Labute approximate surface area is 189 Å². The van der Waals surface area contributed by atoms with Crippen molar-refractivity contribution in [3.8, 4) is 0 Å². The van der Waals surface area contributed by atoms with Crippen LogP contribution in [0.25, 0.3) is 5.52 Å². The largest absolute Gasteiger partial charge is 0.417 e. The molecule has 8 nitrogen and oxygen atoms in total. The van der Waals surface area contributed by atoms with Crippen molar-refractivity contribution < 1.29 is 27.3 Å². The lowest BCUT2D eigenvalue weighted by Gasteiger charge is -2.11. The third-order valence-electron chi connectivity index (χ3n) is 4.74. The Balaban J connectivity index is 1.45. The van der Waals surface area contributed by atoms with E-state index in [9.17, 15) is 22.8 Å². The van der Waals surface area contributed by atoms with E-state index in [0.717, 1.165) is 12.1 Å². The molecule has 0 radical (unpaired) electrons. The molecular formula is C21H15ClF3N5O3. The van der Waals surface area contributed by atoms with Crippen LogP contribution >= 0.6 is 11.6 Å². The zero-order chi connectivity index (χ0) is 23.8. The lowest BCUT2D eigenvalue weighted by atomic mass is 10.1. The maximum absolute atomic E-state index is 13.0. The maximum atomic E-state index is 13.0. The van der Waals surface area contributed by atoms with Gasteiger partial charge in [0.15, 0.2) is 0 Å². The summed E-state index contributed by atoms with van der Waals surface area (Å²) >= 11 is 5.58. The number of carbonyl (C=O) groups excluding carboxylic acids is 2. The second-order valence-corrected chi connectivity index (χ2v) is 7.45. The van der Waals surface area contributed by atoms with Crippen LogP contribution in [-0.4, -0.2) is 26.6 Å². The molecule has 0 aliphatic rings. The van der Waals surface area contributed by atoms with Gasteiger partial charge >= 0.3 is 6.18 Å². The minimum Gasteiger partial charge on any atom is -0.351 e. The average molecular weight is 478 g/mol. The maximum Gasteiger partial charge on any atom is 0.417 e. The zero-order valence-electron chi connectivity index (χ0n) is 16.9. The molecule has 0 saturated heterocycles. The van der Waals surface area contributed by atoms with E-state index in [1.165, 1.54) is 18.3 Å². The molecule has 4 aromatic rings. The Hall–Kier alpha value is -3.86. The Morgan fingerprint density at radius 3 is 2.70 bits per heavy atom. The molecule has 1 aromatic carbocycles. The molecule has 12 heteroatoms. The monoisotopic (exact) mass is 477 g/mol. The van der Waals surface area contributed by atoms with Crippen molar-refractivity contribution in [2.75, 3.05) is 5.32 Å². The summed E-state index contributed by atoms with van der Waals surface area (Å²) in [5.74, 6) is -1.46. The number of pyridine rings is 1. The molecule has 4 rings (SSSR count). The van der Waals surface area contributed by atoms with E-state index >= 15 is 0 Å². The first-order valence-corrected chi connectivity index (χ1v) is 9.89.